The fourth-order valence-corrected chi connectivity index (χ4v) is 4.65. The van der Waals surface area contributed by atoms with Crippen LogP contribution in [0, 0.1) is 17.6 Å². The van der Waals surface area contributed by atoms with Crippen molar-refractivity contribution in [1.29, 1.82) is 0 Å². The van der Waals surface area contributed by atoms with Crippen molar-refractivity contribution in [3.8, 4) is 5.88 Å². The SMILES string of the molecule is C[C@@H](N1CCN(c2ccc(OCC3CC3)nc2)CC1)[C@](O)(Cn1cncn1)c1ccc(F)cc1F. The van der Waals surface area contributed by atoms with Gasteiger partial charge in [0.2, 0.25) is 5.88 Å². The number of piperazine rings is 1. The van der Waals surface area contributed by atoms with Crippen LogP contribution in [0.5, 0.6) is 5.88 Å². The molecule has 3 heterocycles. The summed E-state index contributed by atoms with van der Waals surface area (Å²) in [4.78, 5) is 12.7. The second kappa shape index (κ2) is 9.87. The van der Waals surface area contributed by atoms with Crippen LogP contribution in [0.4, 0.5) is 14.5 Å². The van der Waals surface area contributed by atoms with Gasteiger partial charge in [-0.25, -0.2) is 23.4 Å². The van der Waals surface area contributed by atoms with Crippen molar-refractivity contribution in [2.45, 2.75) is 38.0 Å². The Morgan fingerprint density at radius 3 is 2.57 bits per heavy atom. The number of hydrogen-bond acceptors (Lipinski definition) is 7. The Morgan fingerprint density at radius 2 is 1.94 bits per heavy atom. The van der Waals surface area contributed by atoms with Gasteiger partial charge in [-0.1, -0.05) is 6.07 Å². The number of aromatic nitrogens is 4. The highest BCUT2D eigenvalue weighted by atomic mass is 19.1. The van der Waals surface area contributed by atoms with E-state index >= 15 is 0 Å². The number of pyridine rings is 1. The summed E-state index contributed by atoms with van der Waals surface area (Å²) >= 11 is 0. The molecule has 8 nitrogen and oxygen atoms in total. The van der Waals surface area contributed by atoms with Gasteiger partial charge in [0.05, 0.1) is 25.0 Å². The second-order valence-corrected chi connectivity index (χ2v) is 9.45. The lowest BCUT2D eigenvalue weighted by Crippen LogP contribution is -2.57. The van der Waals surface area contributed by atoms with Gasteiger partial charge >= 0.3 is 0 Å². The maximum atomic E-state index is 14.8. The fourth-order valence-electron chi connectivity index (χ4n) is 4.65. The molecular formula is C25H30F2N6O2. The average molecular weight is 485 g/mol. The lowest BCUT2D eigenvalue weighted by Gasteiger charge is -2.45. The Hall–Kier alpha value is -3.11. The third-order valence-corrected chi connectivity index (χ3v) is 7.07. The summed E-state index contributed by atoms with van der Waals surface area (Å²) in [6.07, 6.45) is 7.14. The van der Waals surface area contributed by atoms with E-state index in [1.54, 1.807) is 0 Å². The molecule has 1 saturated carbocycles. The molecule has 2 fully saturated rings. The van der Waals surface area contributed by atoms with Crippen molar-refractivity contribution in [2.24, 2.45) is 5.92 Å². The molecule has 10 heteroatoms. The number of hydrogen-bond donors (Lipinski definition) is 1. The Kier molecular flexibility index (Phi) is 6.66. The van der Waals surface area contributed by atoms with E-state index in [-0.39, 0.29) is 12.1 Å². The summed E-state index contributed by atoms with van der Waals surface area (Å²) < 4.78 is 35.6. The predicted octanol–water partition coefficient (Wildman–Crippen LogP) is 2.84. The number of aliphatic hydroxyl groups is 1. The van der Waals surface area contributed by atoms with E-state index in [9.17, 15) is 13.9 Å². The first-order chi connectivity index (χ1) is 16.9. The number of ether oxygens (including phenoxy) is 1. The molecule has 0 bridgehead atoms. The first-order valence-electron chi connectivity index (χ1n) is 12.0. The minimum Gasteiger partial charge on any atom is -0.477 e. The van der Waals surface area contributed by atoms with E-state index in [1.807, 2.05) is 25.3 Å². The second-order valence-electron chi connectivity index (χ2n) is 9.45. The molecule has 0 radical (unpaired) electrons. The Bertz CT molecular complexity index is 1120. The van der Waals surface area contributed by atoms with Crippen molar-refractivity contribution in [2.75, 3.05) is 37.7 Å². The van der Waals surface area contributed by atoms with Gasteiger partial charge < -0.3 is 14.7 Å². The topological polar surface area (TPSA) is 79.5 Å². The van der Waals surface area contributed by atoms with Gasteiger partial charge in [0.25, 0.3) is 0 Å². The molecule has 0 amide bonds. The Labute approximate surface area is 203 Å². The van der Waals surface area contributed by atoms with Crippen LogP contribution < -0.4 is 9.64 Å². The predicted molar refractivity (Wildman–Crippen MR) is 126 cm³/mol. The summed E-state index contributed by atoms with van der Waals surface area (Å²) in [5.41, 5.74) is -0.593. The zero-order chi connectivity index (χ0) is 24.4. The molecule has 3 aromatic rings. The van der Waals surface area contributed by atoms with Gasteiger partial charge in [-0.15, -0.1) is 0 Å². The quantitative estimate of drug-likeness (QED) is 0.500. The van der Waals surface area contributed by atoms with Gasteiger partial charge in [0.15, 0.2) is 0 Å². The van der Waals surface area contributed by atoms with Crippen molar-refractivity contribution < 1.29 is 18.6 Å². The summed E-state index contributed by atoms with van der Waals surface area (Å²) in [5.74, 6) is -0.146. The van der Waals surface area contributed by atoms with Crippen LogP contribution in [-0.2, 0) is 12.1 Å². The lowest BCUT2D eigenvalue weighted by atomic mass is 9.85. The molecule has 1 aromatic carbocycles. The molecule has 0 spiro atoms. The van der Waals surface area contributed by atoms with E-state index in [4.69, 9.17) is 4.74 Å². The molecule has 5 rings (SSSR count). The van der Waals surface area contributed by atoms with E-state index < -0.39 is 23.3 Å². The number of nitrogens with zero attached hydrogens (tertiary/aromatic N) is 6. The number of benzene rings is 1. The van der Waals surface area contributed by atoms with Crippen LogP contribution in [0.2, 0.25) is 0 Å². The summed E-state index contributed by atoms with van der Waals surface area (Å²) in [6.45, 7) is 5.34. The maximum Gasteiger partial charge on any atom is 0.213 e. The van der Waals surface area contributed by atoms with Crippen LogP contribution in [-0.4, -0.2) is 68.6 Å². The highest BCUT2D eigenvalue weighted by Gasteiger charge is 2.42. The molecule has 35 heavy (non-hydrogen) atoms. The van der Waals surface area contributed by atoms with Gasteiger partial charge in [0.1, 0.15) is 29.9 Å². The van der Waals surface area contributed by atoms with Gasteiger partial charge in [-0.05, 0) is 37.8 Å². The molecule has 1 aliphatic carbocycles. The smallest absolute Gasteiger partial charge is 0.213 e. The molecule has 1 aliphatic heterocycles. The molecule has 2 aliphatic rings. The molecule has 2 atom stereocenters. The standard InChI is InChI=1S/C25H30F2N6O2/c1-18(25(34,15-33-17-28-16-30-33)22-6-4-20(26)12-23(22)27)31-8-10-32(11-9-31)21-5-7-24(29-13-21)35-14-19-2-3-19/h4-7,12-13,16-19,34H,2-3,8-11,14-15H2,1H3/t18-,25-/m1/s1. The zero-order valence-electron chi connectivity index (χ0n) is 19.7. The minimum atomic E-state index is -1.64. The summed E-state index contributed by atoms with van der Waals surface area (Å²) in [7, 11) is 0. The summed E-state index contributed by atoms with van der Waals surface area (Å²) in [6, 6.07) is 6.74. The van der Waals surface area contributed by atoms with E-state index in [0.29, 0.717) is 24.9 Å². The van der Waals surface area contributed by atoms with Crippen LogP contribution in [0.3, 0.4) is 0 Å². The first kappa shape index (κ1) is 23.6. The van der Waals surface area contributed by atoms with Crippen LogP contribution in [0.1, 0.15) is 25.3 Å². The number of rotatable bonds is 9. The van der Waals surface area contributed by atoms with Gasteiger partial charge in [-0.2, -0.15) is 5.10 Å². The molecule has 186 valence electrons. The Balaban J connectivity index is 1.27. The molecule has 2 aromatic heterocycles. The lowest BCUT2D eigenvalue weighted by molar-refractivity contribution is -0.0650. The van der Waals surface area contributed by atoms with Crippen molar-refractivity contribution >= 4 is 5.69 Å². The first-order valence-corrected chi connectivity index (χ1v) is 12.0. The van der Waals surface area contributed by atoms with Gasteiger partial charge in [0, 0.05) is 49.9 Å². The van der Waals surface area contributed by atoms with Crippen molar-refractivity contribution in [3.05, 3.63) is 66.4 Å². The zero-order valence-corrected chi connectivity index (χ0v) is 19.7. The van der Waals surface area contributed by atoms with E-state index in [1.165, 1.54) is 42.3 Å². The van der Waals surface area contributed by atoms with Crippen molar-refractivity contribution in [3.63, 3.8) is 0 Å². The average Bonchev–Trinajstić information content (AvgIpc) is 3.56. The van der Waals surface area contributed by atoms with Crippen LogP contribution >= 0.6 is 0 Å². The monoisotopic (exact) mass is 484 g/mol. The minimum absolute atomic E-state index is 0.0107. The molecule has 1 N–H and O–H groups in total. The highest BCUT2D eigenvalue weighted by molar-refractivity contribution is 5.46. The van der Waals surface area contributed by atoms with Gasteiger partial charge in [-0.3, -0.25) is 4.90 Å². The normalized spacial score (nSPS) is 19.4. The highest BCUT2D eigenvalue weighted by Crippen LogP contribution is 2.34. The molecule has 1 saturated heterocycles. The Morgan fingerprint density at radius 1 is 1.14 bits per heavy atom. The van der Waals surface area contributed by atoms with Crippen LogP contribution in [0.25, 0.3) is 0 Å². The van der Waals surface area contributed by atoms with E-state index in [2.05, 4.69) is 24.9 Å². The maximum absolute atomic E-state index is 14.8. The fraction of sp³-hybridized carbons (Fsp3) is 0.480. The largest absolute Gasteiger partial charge is 0.477 e. The third kappa shape index (κ3) is 5.28. The van der Waals surface area contributed by atoms with E-state index in [0.717, 1.165) is 31.5 Å². The molecule has 0 unspecified atom stereocenters. The number of halogens is 2. The van der Waals surface area contributed by atoms with Crippen LogP contribution in [0.15, 0.2) is 49.2 Å². The summed E-state index contributed by atoms with van der Waals surface area (Å²) in [5, 5.41) is 15.9. The van der Waals surface area contributed by atoms with Crippen molar-refractivity contribution in [1.82, 2.24) is 24.6 Å². The molecular weight excluding hydrogens is 454 g/mol. The third-order valence-electron chi connectivity index (χ3n) is 7.07. The number of anilines is 1.